The molecule has 1 nitrogen and oxygen atoms in total. The molecule has 1 aliphatic rings. The van der Waals surface area contributed by atoms with Crippen LogP contribution in [0.25, 0.3) is 0 Å². The second-order valence-corrected chi connectivity index (χ2v) is 5.05. The van der Waals surface area contributed by atoms with Crippen LogP contribution in [0.3, 0.4) is 0 Å². The third-order valence-electron chi connectivity index (χ3n) is 3.69. The summed E-state index contributed by atoms with van der Waals surface area (Å²) in [6.45, 7) is 4.36. The fraction of sp³-hybridized carbons (Fsp3) is 0.188. The molecule has 1 aliphatic carbocycles. The molecule has 3 rings (SSSR count). The SMILES string of the molecule is CC1(C)c2ccccc2C(=O)c2ccccc21. The lowest BCUT2D eigenvalue weighted by molar-refractivity contribution is 0.103. The summed E-state index contributed by atoms with van der Waals surface area (Å²) in [5.74, 6) is 0.149. The highest BCUT2D eigenvalue weighted by Crippen LogP contribution is 2.40. The van der Waals surface area contributed by atoms with Crippen molar-refractivity contribution in [3.05, 3.63) is 70.8 Å². The molecule has 0 saturated heterocycles. The first-order valence-electron chi connectivity index (χ1n) is 5.86. The highest BCUT2D eigenvalue weighted by atomic mass is 16.1. The van der Waals surface area contributed by atoms with Crippen LogP contribution >= 0.6 is 0 Å². The fourth-order valence-electron chi connectivity index (χ4n) is 2.74. The Labute approximate surface area is 101 Å². The van der Waals surface area contributed by atoms with E-state index in [1.165, 1.54) is 0 Å². The van der Waals surface area contributed by atoms with Gasteiger partial charge in [-0.2, -0.15) is 0 Å². The normalized spacial score (nSPS) is 16.2. The lowest BCUT2D eigenvalue weighted by atomic mass is 9.68. The summed E-state index contributed by atoms with van der Waals surface area (Å²) in [5.41, 5.74) is 3.85. The molecule has 0 unspecified atom stereocenters. The van der Waals surface area contributed by atoms with Gasteiger partial charge in [0.15, 0.2) is 5.78 Å². The molecule has 0 bridgehead atoms. The van der Waals surface area contributed by atoms with Gasteiger partial charge in [0.05, 0.1) is 0 Å². The zero-order chi connectivity index (χ0) is 12.0. The minimum Gasteiger partial charge on any atom is -0.289 e. The Morgan fingerprint density at radius 1 is 0.765 bits per heavy atom. The molecule has 84 valence electrons. The van der Waals surface area contributed by atoms with E-state index in [1.807, 2.05) is 36.4 Å². The Morgan fingerprint density at radius 3 is 1.65 bits per heavy atom. The van der Waals surface area contributed by atoms with Crippen molar-refractivity contribution in [1.82, 2.24) is 0 Å². The van der Waals surface area contributed by atoms with Gasteiger partial charge in [0, 0.05) is 16.5 Å². The first kappa shape index (κ1) is 10.3. The van der Waals surface area contributed by atoms with E-state index < -0.39 is 0 Å². The molecule has 2 aromatic rings. The van der Waals surface area contributed by atoms with Gasteiger partial charge in [0.25, 0.3) is 0 Å². The van der Waals surface area contributed by atoms with Gasteiger partial charge in [-0.1, -0.05) is 62.4 Å². The van der Waals surface area contributed by atoms with Gasteiger partial charge in [-0.25, -0.2) is 0 Å². The summed E-state index contributed by atoms with van der Waals surface area (Å²) in [4.78, 5) is 12.4. The molecule has 0 N–H and O–H groups in total. The molecule has 0 heterocycles. The summed E-state index contributed by atoms with van der Waals surface area (Å²) in [5, 5.41) is 0. The summed E-state index contributed by atoms with van der Waals surface area (Å²) in [6.07, 6.45) is 0. The van der Waals surface area contributed by atoms with Crippen LogP contribution in [0.5, 0.6) is 0 Å². The van der Waals surface area contributed by atoms with Crippen molar-refractivity contribution >= 4 is 5.78 Å². The predicted octanol–water partition coefficient (Wildman–Crippen LogP) is 3.56. The maximum atomic E-state index is 12.4. The molecule has 0 radical (unpaired) electrons. The molecule has 0 spiro atoms. The van der Waals surface area contributed by atoms with E-state index in [4.69, 9.17) is 0 Å². The van der Waals surface area contributed by atoms with Gasteiger partial charge in [0.1, 0.15) is 0 Å². The number of carbonyl (C=O) groups excluding carboxylic acids is 1. The Hall–Kier alpha value is -1.89. The second-order valence-electron chi connectivity index (χ2n) is 5.05. The van der Waals surface area contributed by atoms with Crippen molar-refractivity contribution in [2.45, 2.75) is 19.3 Å². The number of fused-ring (bicyclic) bond motifs is 2. The molecule has 0 amide bonds. The molecule has 0 atom stereocenters. The number of hydrogen-bond donors (Lipinski definition) is 0. The van der Waals surface area contributed by atoms with E-state index in [0.29, 0.717) is 0 Å². The van der Waals surface area contributed by atoms with E-state index in [2.05, 4.69) is 26.0 Å². The number of benzene rings is 2. The van der Waals surface area contributed by atoms with Gasteiger partial charge in [-0.15, -0.1) is 0 Å². The molecule has 17 heavy (non-hydrogen) atoms. The highest BCUT2D eigenvalue weighted by Gasteiger charge is 2.35. The molecular formula is C16H14O. The monoisotopic (exact) mass is 222 g/mol. The van der Waals surface area contributed by atoms with Gasteiger partial charge < -0.3 is 0 Å². The first-order chi connectivity index (χ1) is 8.12. The lowest BCUT2D eigenvalue weighted by Crippen LogP contribution is -2.30. The van der Waals surface area contributed by atoms with E-state index >= 15 is 0 Å². The van der Waals surface area contributed by atoms with Gasteiger partial charge >= 0.3 is 0 Å². The van der Waals surface area contributed by atoms with E-state index in [-0.39, 0.29) is 11.2 Å². The van der Waals surface area contributed by atoms with Crippen LogP contribution in [0, 0.1) is 0 Å². The standard InChI is InChI=1S/C16H14O/c1-16(2)13-9-5-3-7-11(13)15(17)12-8-4-6-10-14(12)16/h3-10H,1-2H3. The molecule has 1 heteroatoms. The van der Waals surface area contributed by atoms with Crippen LogP contribution in [-0.4, -0.2) is 5.78 Å². The summed E-state index contributed by atoms with van der Waals surface area (Å²) >= 11 is 0. The Bertz CT molecular complexity index is 557. The smallest absolute Gasteiger partial charge is 0.193 e. The third-order valence-corrected chi connectivity index (χ3v) is 3.69. The fourth-order valence-corrected chi connectivity index (χ4v) is 2.74. The Balaban J connectivity index is 2.38. The predicted molar refractivity (Wildman–Crippen MR) is 68.4 cm³/mol. The van der Waals surface area contributed by atoms with Crippen LogP contribution < -0.4 is 0 Å². The van der Waals surface area contributed by atoms with Crippen molar-refractivity contribution < 1.29 is 4.79 Å². The van der Waals surface area contributed by atoms with E-state index in [9.17, 15) is 4.79 Å². The Morgan fingerprint density at radius 2 is 1.18 bits per heavy atom. The Kier molecular flexibility index (Phi) is 1.99. The molecule has 0 fully saturated rings. The number of hydrogen-bond acceptors (Lipinski definition) is 1. The molecule has 2 aromatic carbocycles. The third kappa shape index (κ3) is 1.29. The first-order valence-corrected chi connectivity index (χ1v) is 5.86. The molecule has 0 aromatic heterocycles. The average Bonchev–Trinajstić information content (AvgIpc) is 2.37. The average molecular weight is 222 g/mol. The van der Waals surface area contributed by atoms with Crippen molar-refractivity contribution in [1.29, 1.82) is 0 Å². The maximum Gasteiger partial charge on any atom is 0.193 e. The summed E-state index contributed by atoms with van der Waals surface area (Å²) < 4.78 is 0. The van der Waals surface area contributed by atoms with Crippen LogP contribution in [-0.2, 0) is 5.41 Å². The topological polar surface area (TPSA) is 17.1 Å². The summed E-state index contributed by atoms with van der Waals surface area (Å²) in [7, 11) is 0. The quantitative estimate of drug-likeness (QED) is 0.666. The summed E-state index contributed by atoms with van der Waals surface area (Å²) in [6, 6.07) is 15.8. The van der Waals surface area contributed by atoms with Crippen LogP contribution in [0.4, 0.5) is 0 Å². The second kappa shape index (κ2) is 3.30. The molecule has 0 aliphatic heterocycles. The van der Waals surface area contributed by atoms with Crippen LogP contribution in [0.2, 0.25) is 0 Å². The number of carbonyl (C=O) groups is 1. The van der Waals surface area contributed by atoms with E-state index in [1.54, 1.807) is 0 Å². The van der Waals surface area contributed by atoms with E-state index in [0.717, 1.165) is 22.3 Å². The van der Waals surface area contributed by atoms with Crippen LogP contribution in [0.1, 0.15) is 40.9 Å². The van der Waals surface area contributed by atoms with Gasteiger partial charge in [-0.05, 0) is 11.1 Å². The molecule has 0 saturated carbocycles. The number of ketones is 1. The highest BCUT2D eigenvalue weighted by molar-refractivity contribution is 6.13. The zero-order valence-electron chi connectivity index (χ0n) is 10.0. The minimum absolute atomic E-state index is 0.0961. The number of rotatable bonds is 0. The van der Waals surface area contributed by atoms with Gasteiger partial charge in [0.2, 0.25) is 0 Å². The van der Waals surface area contributed by atoms with Crippen molar-refractivity contribution in [3.63, 3.8) is 0 Å². The largest absolute Gasteiger partial charge is 0.289 e. The van der Waals surface area contributed by atoms with Crippen molar-refractivity contribution in [2.24, 2.45) is 0 Å². The lowest BCUT2D eigenvalue weighted by Gasteiger charge is -2.34. The van der Waals surface area contributed by atoms with Crippen molar-refractivity contribution in [3.8, 4) is 0 Å². The van der Waals surface area contributed by atoms with Crippen molar-refractivity contribution in [2.75, 3.05) is 0 Å². The van der Waals surface area contributed by atoms with Gasteiger partial charge in [-0.3, -0.25) is 4.79 Å². The molecular weight excluding hydrogens is 208 g/mol. The minimum atomic E-state index is -0.0961. The van der Waals surface area contributed by atoms with Crippen LogP contribution in [0.15, 0.2) is 48.5 Å². The zero-order valence-corrected chi connectivity index (χ0v) is 10.0. The maximum absolute atomic E-state index is 12.4.